The van der Waals surface area contributed by atoms with Gasteiger partial charge in [0.2, 0.25) is 10.0 Å². The summed E-state index contributed by atoms with van der Waals surface area (Å²) in [5.74, 6) is 0. The number of H-pyrrole nitrogens is 1. The number of anilines is 1. The van der Waals surface area contributed by atoms with Crippen LogP contribution in [0.25, 0.3) is 10.9 Å². The first kappa shape index (κ1) is 13.5. The summed E-state index contributed by atoms with van der Waals surface area (Å²) in [6, 6.07) is 5.20. The number of nitrogens with two attached hydrogens (primary N) is 1. The summed E-state index contributed by atoms with van der Waals surface area (Å²) >= 11 is 0. The van der Waals surface area contributed by atoms with Crippen LogP contribution in [0, 0.1) is 0 Å². The standard InChI is InChI=1S/C14H19N3O2S/c1-2-14(6-3-7-14)17-20(18,19)13-9-16-12-8-10(15)4-5-11(12)13/h4-5,8-9,16-17H,2-3,6-7,15H2,1H3. The zero-order chi connectivity index (χ0) is 14.4. The molecular weight excluding hydrogens is 274 g/mol. The van der Waals surface area contributed by atoms with Crippen LogP contribution in [0.3, 0.4) is 0 Å². The Morgan fingerprint density at radius 3 is 2.75 bits per heavy atom. The fourth-order valence-corrected chi connectivity index (χ4v) is 4.52. The van der Waals surface area contributed by atoms with E-state index in [1.165, 1.54) is 6.20 Å². The Morgan fingerprint density at radius 2 is 2.15 bits per heavy atom. The van der Waals surface area contributed by atoms with E-state index in [0.717, 1.165) is 31.2 Å². The summed E-state index contributed by atoms with van der Waals surface area (Å²) in [6.07, 6.45) is 5.27. The Bertz CT molecular complexity index is 739. The molecule has 0 unspecified atom stereocenters. The minimum Gasteiger partial charge on any atom is -0.399 e. The summed E-state index contributed by atoms with van der Waals surface area (Å²) in [5.41, 5.74) is 6.81. The Morgan fingerprint density at radius 1 is 1.40 bits per heavy atom. The third-order valence-electron chi connectivity index (χ3n) is 4.30. The lowest BCUT2D eigenvalue weighted by atomic mass is 9.76. The Labute approximate surface area is 118 Å². The third kappa shape index (κ3) is 2.09. The van der Waals surface area contributed by atoms with Crippen molar-refractivity contribution in [2.75, 3.05) is 5.73 Å². The van der Waals surface area contributed by atoms with E-state index in [4.69, 9.17) is 5.73 Å². The number of aromatic amines is 1. The average Bonchev–Trinajstić information content (AvgIpc) is 2.77. The van der Waals surface area contributed by atoms with Crippen LogP contribution in [0.5, 0.6) is 0 Å². The predicted molar refractivity (Wildman–Crippen MR) is 79.9 cm³/mol. The van der Waals surface area contributed by atoms with Crippen molar-refractivity contribution in [3.8, 4) is 0 Å². The van der Waals surface area contributed by atoms with Gasteiger partial charge < -0.3 is 10.7 Å². The minimum atomic E-state index is -3.51. The molecule has 5 nitrogen and oxygen atoms in total. The molecule has 3 rings (SSSR count). The lowest BCUT2D eigenvalue weighted by Crippen LogP contribution is -2.52. The molecule has 108 valence electrons. The lowest BCUT2D eigenvalue weighted by molar-refractivity contribution is 0.214. The Hall–Kier alpha value is -1.53. The van der Waals surface area contributed by atoms with Gasteiger partial charge in [0.25, 0.3) is 0 Å². The molecule has 0 aliphatic heterocycles. The molecule has 1 fully saturated rings. The maximum atomic E-state index is 12.6. The highest BCUT2D eigenvalue weighted by atomic mass is 32.2. The van der Waals surface area contributed by atoms with Gasteiger partial charge in [0.15, 0.2) is 0 Å². The van der Waals surface area contributed by atoms with Crippen LogP contribution in [-0.2, 0) is 10.0 Å². The highest BCUT2D eigenvalue weighted by Gasteiger charge is 2.39. The SMILES string of the molecule is CCC1(NS(=O)(=O)c2c[nH]c3cc(N)ccc23)CCC1. The van der Waals surface area contributed by atoms with Crippen molar-refractivity contribution in [1.82, 2.24) is 9.71 Å². The van der Waals surface area contributed by atoms with Crippen LogP contribution >= 0.6 is 0 Å². The molecule has 1 aromatic heterocycles. The average molecular weight is 293 g/mol. The van der Waals surface area contributed by atoms with Crippen LogP contribution in [0.1, 0.15) is 32.6 Å². The molecule has 6 heteroatoms. The zero-order valence-corrected chi connectivity index (χ0v) is 12.3. The molecule has 1 heterocycles. The highest BCUT2D eigenvalue weighted by Crippen LogP contribution is 2.36. The van der Waals surface area contributed by atoms with E-state index < -0.39 is 10.0 Å². The first-order valence-corrected chi connectivity index (χ1v) is 8.35. The summed E-state index contributed by atoms with van der Waals surface area (Å²) in [7, 11) is -3.51. The van der Waals surface area contributed by atoms with E-state index in [2.05, 4.69) is 9.71 Å². The first-order valence-electron chi connectivity index (χ1n) is 6.86. The number of nitrogens with one attached hydrogen (secondary N) is 2. The van der Waals surface area contributed by atoms with Crippen molar-refractivity contribution >= 4 is 26.6 Å². The van der Waals surface area contributed by atoms with Crippen LogP contribution < -0.4 is 10.5 Å². The van der Waals surface area contributed by atoms with Gasteiger partial charge in [-0.1, -0.05) is 6.92 Å². The van der Waals surface area contributed by atoms with Gasteiger partial charge >= 0.3 is 0 Å². The number of rotatable bonds is 4. The molecule has 0 atom stereocenters. The maximum Gasteiger partial charge on any atom is 0.243 e. The fourth-order valence-electron chi connectivity index (χ4n) is 2.81. The maximum absolute atomic E-state index is 12.6. The van der Waals surface area contributed by atoms with E-state index in [9.17, 15) is 8.42 Å². The number of hydrogen-bond donors (Lipinski definition) is 3. The van der Waals surface area contributed by atoms with Crippen molar-refractivity contribution < 1.29 is 8.42 Å². The molecule has 0 saturated heterocycles. The van der Waals surface area contributed by atoms with Crippen LogP contribution in [0.2, 0.25) is 0 Å². The monoisotopic (exact) mass is 293 g/mol. The largest absolute Gasteiger partial charge is 0.399 e. The Kier molecular flexibility index (Phi) is 3.02. The molecule has 20 heavy (non-hydrogen) atoms. The van der Waals surface area contributed by atoms with Crippen molar-refractivity contribution in [2.24, 2.45) is 0 Å². The first-order chi connectivity index (χ1) is 9.46. The number of fused-ring (bicyclic) bond motifs is 1. The van der Waals surface area contributed by atoms with Gasteiger partial charge in [-0.3, -0.25) is 0 Å². The van der Waals surface area contributed by atoms with Crippen molar-refractivity contribution in [3.63, 3.8) is 0 Å². The third-order valence-corrected chi connectivity index (χ3v) is 5.91. The topological polar surface area (TPSA) is 88.0 Å². The van der Waals surface area contributed by atoms with Crippen molar-refractivity contribution in [3.05, 3.63) is 24.4 Å². The molecule has 1 saturated carbocycles. The lowest BCUT2D eigenvalue weighted by Gasteiger charge is -2.41. The highest BCUT2D eigenvalue weighted by molar-refractivity contribution is 7.89. The molecule has 0 bridgehead atoms. The smallest absolute Gasteiger partial charge is 0.243 e. The van der Waals surface area contributed by atoms with Gasteiger partial charge in [-0.15, -0.1) is 0 Å². The summed E-state index contributed by atoms with van der Waals surface area (Å²) < 4.78 is 28.1. The van der Waals surface area contributed by atoms with Crippen LogP contribution in [0.15, 0.2) is 29.3 Å². The van der Waals surface area contributed by atoms with Crippen LogP contribution in [-0.4, -0.2) is 18.9 Å². The summed E-state index contributed by atoms with van der Waals surface area (Å²) in [6.45, 7) is 2.03. The molecule has 1 aliphatic carbocycles. The molecule has 0 amide bonds. The van der Waals surface area contributed by atoms with E-state index in [-0.39, 0.29) is 5.54 Å². The molecule has 4 N–H and O–H groups in total. The van der Waals surface area contributed by atoms with Gasteiger partial charge in [-0.05, 0) is 43.9 Å². The minimum absolute atomic E-state index is 0.254. The number of nitrogen functional groups attached to an aromatic ring is 1. The number of sulfonamides is 1. The Balaban J connectivity index is 2.01. The molecule has 0 radical (unpaired) electrons. The van der Waals surface area contributed by atoms with E-state index in [0.29, 0.717) is 16.0 Å². The normalized spacial score (nSPS) is 18.1. The quantitative estimate of drug-likeness (QED) is 0.756. The van der Waals surface area contributed by atoms with Gasteiger partial charge in [-0.25, -0.2) is 13.1 Å². The number of benzene rings is 1. The van der Waals surface area contributed by atoms with E-state index >= 15 is 0 Å². The fraction of sp³-hybridized carbons (Fsp3) is 0.429. The van der Waals surface area contributed by atoms with E-state index in [1.807, 2.05) is 6.92 Å². The van der Waals surface area contributed by atoms with Gasteiger partial charge in [0, 0.05) is 28.3 Å². The molecule has 1 aliphatic rings. The zero-order valence-electron chi connectivity index (χ0n) is 11.4. The van der Waals surface area contributed by atoms with E-state index in [1.54, 1.807) is 18.2 Å². The molecule has 0 spiro atoms. The van der Waals surface area contributed by atoms with Crippen LogP contribution in [0.4, 0.5) is 5.69 Å². The summed E-state index contributed by atoms with van der Waals surface area (Å²) in [5, 5.41) is 0.678. The predicted octanol–water partition coefficient (Wildman–Crippen LogP) is 2.36. The second-order valence-corrected chi connectivity index (χ2v) is 7.20. The summed E-state index contributed by atoms with van der Waals surface area (Å²) in [4.78, 5) is 3.27. The molecular formula is C14H19N3O2S. The molecule has 1 aromatic carbocycles. The number of hydrogen-bond acceptors (Lipinski definition) is 3. The second kappa shape index (κ2) is 4.49. The van der Waals surface area contributed by atoms with Crippen molar-refractivity contribution in [1.29, 1.82) is 0 Å². The second-order valence-electron chi connectivity index (χ2n) is 5.55. The van der Waals surface area contributed by atoms with Crippen molar-refractivity contribution in [2.45, 2.75) is 43.0 Å². The van der Waals surface area contributed by atoms with Gasteiger partial charge in [0.1, 0.15) is 4.90 Å². The van der Waals surface area contributed by atoms with Gasteiger partial charge in [-0.2, -0.15) is 0 Å². The van der Waals surface area contributed by atoms with Gasteiger partial charge in [0.05, 0.1) is 0 Å². The number of aromatic nitrogens is 1. The molecule has 2 aromatic rings.